The van der Waals surface area contributed by atoms with E-state index < -0.39 is 24.3 Å². The molecular formula is C14H16N4O3. The number of aliphatic carboxylic acids is 1. The van der Waals surface area contributed by atoms with Gasteiger partial charge in [0.15, 0.2) is 0 Å². The predicted octanol–water partition coefficient (Wildman–Crippen LogP) is 0.672. The van der Waals surface area contributed by atoms with Gasteiger partial charge in [-0.1, -0.05) is 18.2 Å². The van der Waals surface area contributed by atoms with E-state index in [1.54, 1.807) is 23.0 Å². The zero-order valence-corrected chi connectivity index (χ0v) is 11.3. The van der Waals surface area contributed by atoms with Gasteiger partial charge in [0, 0.05) is 18.1 Å². The molecule has 1 atom stereocenters. The number of amides is 1. The molecule has 7 heteroatoms. The summed E-state index contributed by atoms with van der Waals surface area (Å²) in [5, 5.41) is 15.4. The van der Waals surface area contributed by atoms with Crippen molar-refractivity contribution in [1.29, 1.82) is 0 Å². The maximum atomic E-state index is 11.9. The molecule has 1 heterocycles. The highest BCUT2D eigenvalue weighted by atomic mass is 16.4. The van der Waals surface area contributed by atoms with Gasteiger partial charge in [-0.05, 0) is 17.7 Å². The van der Waals surface area contributed by atoms with Gasteiger partial charge in [0.25, 0.3) is 0 Å². The van der Waals surface area contributed by atoms with Crippen LogP contribution in [0.15, 0.2) is 42.7 Å². The summed E-state index contributed by atoms with van der Waals surface area (Å²) in [7, 11) is 0. The molecule has 2 aromatic rings. The first-order valence-corrected chi connectivity index (χ1v) is 6.40. The van der Waals surface area contributed by atoms with Crippen LogP contribution in [0, 0.1) is 0 Å². The molecule has 0 saturated carbocycles. The molecule has 4 N–H and O–H groups in total. The van der Waals surface area contributed by atoms with Crippen molar-refractivity contribution >= 4 is 17.6 Å². The zero-order valence-electron chi connectivity index (χ0n) is 11.3. The van der Waals surface area contributed by atoms with Crippen molar-refractivity contribution in [3.63, 3.8) is 0 Å². The molecule has 0 bridgehead atoms. The van der Waals surface area contributed by atoms with E-state index in [9.17, 15) is 9.59 Å². The summed E-state index contributed by atoms with van der Waals surface area (Å²) in [4.78, 5) is 22.5. The summed E-state index contributed by atoms with van der Waals surface area (Å²) in [6.07, 6.45) is 3.08. The van der Waals surface area contributed by atoms with Gasteiger partial charge in [0.2, 0.25) is 5.91 Å². The van der Waals surface area contributed by atoms with Gasteiger partial charge < -0.3 is 16.2 Å². The van der Waals surface area contributed by atoms with Crippen molar-refractivity contribution in [1.82, 2.24) is 9.78 Å². The molecule has 110 valence electrons. The number of benzene rings is 1. The van der Waals surface area contributed by atoms with E-state index in [1.165, 1.54) is 0 Å². The average Bonchev–Trinajstić information content (AvgIpc) is 2.93. The summed E-state index contributed by atoms with van der Waals surface area (Å²) < 4.78 is 1.72. The second-order valence-corrected chi connectivity index (χ2v) is 4.55. The minimum atomic E-state index is -1.11. The van der Waals surface area contributed by atoms with Gasteiger partial charge in [-0.3, -0.25) is 14.3 Å². The number of rotatable bonds is 6. The van der Waals surface area contributed by atoms with E-state index in [2.05, 4.69) is 10.4 Å². The number of carbonyl (C=O) groups is 2. The second-order valence-electron chi connectivity index (χ2n) is 4.55. The molecule has 0 aliphatic heterocycles. The van der Waals surface area contributed by atoms with Crippen LogP contribution in [0.2, 0.25) is 0 Å². The van der Waals surface area contributed by atoms with Crippen LogP contribution >= 0.6 is 0 Å². The van der Waals surface area contributed by atoms with Gasteiger partial charge >= 0.3 is 5.97 Å². The Morgan fingerprint density at radius 3 is 2.76 bits per heavy atom. The standard InChI is InChI=1S/C14H16N4O3/c15-11(8-13(19)20)14(21)17-12-5-2-1-4-10(12)9-18-7-3-6-16-18/h1-7,11H,8-9,15H2,(H,17,21)(H,19,20). The topological polar surface area (TPSA) is 110 Å². The molecule has 0 saturated heterocycles. The lowest BCUT2D eigenvalue weighted by atomic mass is 10.1. The van der Waals surface area contributed by atoms with E-state index in [1.807, 2.05) is 24.4 Å². The van der Waals surface area contributed by atoms with Crippen molar-refractivity contribution in [3.05, 3.63) is 48.3 Å². The summed E-state index contributed by atoms with van der Waals surface area (Å²) in [5.41, 5.74) is 7.00. The Morgan fingerprint density at radius 2 is 2.10 bits per heavy atom. The van der Waals surface area contributed by atoms with Gasteiger partial charge in [-0.2, -0.15) is 5.10 Å². The molecule has 0 radical (unpaired) electrons. The highest BCUT2D eigenvalue weighted by Gasteiger charge is 2.18. The third kappa shape index (κ3) is 4.15. The number of aromatic nitrogens is 2. The molecule has 0 spiro atoms. The number of nitrogens with two attached hydrogens (primary N) is 1. The summed E-state index contributed by atoms with van der Waals surface area (Å²) in [5.74, 6) is -1.63. The van der Waals surface area contributed by atoms with Crippen LogP contribution in [0.25, 0.3) is 0 Å². The first-order chi connectivity index (χ1) is 10.1. The molecule has 1 aromatic carbocycles. The Hall–Kier alpha value is -2.67. The van der Waals surface area contributed by atoms with Crippen LogP contribution < -0.4 is 11.1 Å². The van der Waals surface area contributed by atoms with E-state index in [-0.39, 0.29) is 0 Å². The Labute approximate surface area is 121 Å². The molecule has 1 unspecified atom stereocenters. The van der Waals surface area contributed by atoms with Crippen LogP contribution in [0.1, 0.15) is 12.0 Å². The SMILES string of the molecule is NC(CC(=O)O)C(=O)Nc1ccccc1Cn1cccn1. The number of hydrogen-bond acceptors (Lipinski definition) is 4. The maximum Gasteiger partial charge on any atom is 0.305 e. The Bertz CT molecular complexity index is 625. The number of carbonyl (C=O) groups excluding carboxylic acids is 1. The molecular weight excluding hydrogens is 272 g/mol. The molecule has 1 aromatic heterocycles. The van der Waals surface area contributed by atoms with Gasteiger partial charge in [-0.15, -0.1) is 0 Å². The predicted molar refractivity (Wildman–Crippen MR) is 76.6 cm³/mol. The summed E-state index contributed by atoms with van der Waals surface area (Å²) in [6.45, 7) is 0.498. The van der Waals surface area contributed by atoms with Crippen LogP contribution in [0.4, 0.5) is 5.69 Å². The van der Waals surface area contributed by atoms with Gasteiger partial charge in [0.1, 0.15) is 0 Å². The van der Waals surface area contributed by atoms with Crippen LogP contribution in [0.5, 0.6) is 0 Å². The molecule has 7 nitrogen and oxygen atoms in total. The highest BCUT2D eigenvalue weighted by molar-refractivity contribution is 5.97. The fourth-order valence-electron chi connectivity index (χ4n) is 1.85. The molecule has 1 amide bonds. The number of nitrogens with one attached hydrogen (secondary N) is 1. The van der Waals surface area contributed by atoms with Crippen LogP contribution in [-0.2, 0) is 16.1 Å². The van der Waals surface area contributed by atoms with Crippen molar-refractivity contribution in [3.8, 4) is 0 Å². The number of anilines is 1. The number of carboxylic acid groups (broad SMARTS) is 1. The largest absolute Gasteiger partial charge is 0.481 e. The first-order valence-electron chi connectivity index (χ1n) is 6.40. The minimum Gasteiger partial charge on any atom is -0.481 e. The van der Waals surface area contributed by atoms with Crippen molar-refractivity contribution in [2.75, 3.05) is 5.32 Å². The fraction of sp³-hybridized carbons (Fsp3) is 0.214. The normalized spacial score (nSPS) is 11.9. The van der Waals surface area contributed by atoms with Crippen LogP contribution in [-0.4, -0.2) is 32.8 Å². The summed E-state index contributed by atoms with van der Waals surface area (Å²) in [6, 6.07) is 7.96. The first kappa shape index (κ1) is 14.7. The lowest BCUT2D eigenvalue weighted by Crippen LogP contribution is -2.37. The van der Waals surface area contributed by atoms with Crippen LogP contribution in [0.3, 0.4) is 0 Å². The van der Waals surface area contributed by atoms with E-state index in [0.717, 1.165) is 5.56 Å². The van der Waals surface area contributed by atoms with Crippen molar-refractivity contribution in [2.45, 2.75) is 19.0 Å². The molecule has 0 aliphatic carbocycles. The second kappa shape index (κ2) is 6.67. The van der Waals surface area contributed by atoms with Gasteiger partial charge in [-0.25, -0.2) is 0 Å². The Kier molecular flexibility index (Phi) is 4.68. The monoisotopic (exact) mass is 288 g/mol. The Balaban J connectivity index is 2.09. The van der Waals surface area contributed by atoms with Gasteiger partial charge in [0.05, 0.1) is 19.0 Å². The molecule has 21 heavy (non-hydrogen) atoms. The average molecular weight is 288 g/mol. The lowest BCUT2D eigenvalue weighted by molar-refractivity contribution is -0.138. The van der Waals surface area contributed by atoms with E-state index >= 15 is 0 Å². The quantitative estimate of drug-likeness (QED) is 0.723. The zero-order chi connectivity index (χ0) is 15.2. The number of hydrogen-bond donors (Lipinski definition) is 3. The summed E-state index contributed by atoms with van der Waals surface area (Å²) >= 11 is 0. The molecule has 0 aliphatic rings. The smallest absolute Gasteiger partial charge is 0.305 e. The number of para-hydroxylation sites is 1. The third-order valence-corrected chi connectivity index (χ3v) is 2.90. The molecule has 0 fully saturated rings. The van der Waals surface area contributed by atoms with E-state index in [0.29, 0.717) is 12.2 Å². The lowest BCUT2D eigenvalue weighted by Gasteiger charge is -2.14. The number of nitrogens with zero attached hydrogens (tertiary/aromatic N) is 2. The highest BCUT2D eigenvalue weighted by Crippen LogP contribution is 2.16. The Morgan fingerprint density at radius 1 is 1.33 bits per heavy atom. The molecule has 2 rings (SSSR count). The minimum absolute atomic E-state index is 0.410. The maximum absolute atomic E-state index is 11.9. The third-order valence-electron chi connectivity index (χ3n) is 2.90. The fourth-order valence-corrected chi connectivity index (χ4v) is 1.85. The number of carboxylic acids is 1. The van der Waals surface area contributed by atoms with Crippen molar-refractivity contribution < 1.29 is 14.7 Å². The van der Waals surface area contributed by atoms with E-state index in [4.69, 9.17) is 10.8 Å². The van der Waals surface area contributed by atoms with Crippen molar-refractivity contribution in [2.24, 2.45) is 5.73 Å².